The van der Waals surface area contributed by atoms with Gasteiger partial charge in [-0.3, -0.25) is 4.99 Å². The van der Waals surface area contributed by atoms with Gasteiger partial charge in [0.25, 0.3) is 0 Å². The van der Waals surface area contributed by atoms with E-state index in [1.807, 2.05) is 60.8 Å². The molecule has 0 atom stereocenters. The Morgan fingerprint density at radius 3 is 2.69 bits per heavy atom. The third kappa shape index (κ3) is 3.70. The zero-order valence-electron chi connectivity index (χ0n) is 14.5. The van der Waals surface area contributed by atoms with Crippen LogP contribution in [-0.4, -0.2) is 24.0 Å². The van der Waals surface area contributed by atoms with Gasteiger partial charge in [-0.05, 0) is 37.1 Å². The minimum Gasteiger partial charge on any atom is -0.456 e. The lowest BCUT2D eigenvalue weighted by Gasteiger charge is -2.14. The molecule has 0 aliphatic carbocycles. The lowest BCUT2D eigenvalue weighted by Crippen LogP contribution is -2.35. The van der Waals surface area contributed by atoms with Gasteiger partial charge >= 0.3 is 0 Å². The number of thiazole rings is 1. The summed E-state index contributed by atoms with van der Waals surface area (Å²) < 4.78 is 6.16. The van der Waals surface area contributed by atoms with E-state index in [9.17, 15) is 0 Å². The van der Waals surface area contributed by atoms with Crippen LogP contribution in [0, 0.1) is 6.92 Å². The third-order valence-electron chi connectivity index (χ3n) is 4.10. The number of benzene rings is 2. The maximum Gasteiger partial charge on any atom is 0.197 e. The first-order chi connectivity index (χ1) is 12.8. The number of para-hydroxylation sites is 2. The monoisotopic (exact) mass is 364 g/mol. The zero-order valence-corrected chi connectivity index (χ0v) is 15.3. The van der Waals surface area contributed by atoms with Gasteiger partial charge in [0.1, 0.15) is 11.5 Å². The number of aryl methyl sites for hydroxylation is 1. The predicted octanol–water partition coefficient (Wildman–Crippen LogP) is 4.67. The smallest absolute Gasteiger partial charge is 0.197 e. The Morgan fingerprint density at radius 2 is 1.88 bits per heavy atom. The standard InChI is InChI=1S/C20H20N4OS/c1-14-7-2-4-9-17(14)25-18-10-5-3-8-15(18)16-13-26-20(23-16)24-19-21-11-6-12-22-19/h2-5,7-10,13H,6,11-12H2,1H3,(H2,21,22,23,24). The van der Waals surface area contributed by atoms with E-state index in [1.165, 1.54) is 0 Å². The number of hydrogen-bond acceptors (Lipinski definition) is 6. The van der Waals surface area contributed by atoms with Crippen molar-refractivity contribution in [2.45, 2.75) is 13.3 Å². The molecule has 1 aromatic heterocycles. The molecule has 5 nitrogen and oxygen atoms in total. The molecule has 2 aromatic carbocycles. The molecule has 26 heavy (non-hydrogen) atoms. The molecule has 4 rings (SSSR count). The second kappa shape index (κ2) is 7.58. The number of nitrogens with zero attached hydrogens (tertiary/aromatic N) is 2. The van der Waals surface area contributed by atoms with Crippen molar-refractivity contribution >= 4 is 22.4 Å². The van der Waals surface area contributed by atoms with Gasteiger partial charge in [-0.1, -0.05) is 30.3 Å². The van der Waals surface area contributed by atoms with Crippen LogP contribution in [0.2, 0.25) is 0 Å². The summed E-state index contributed by atoms with van der Waals surface area (Å²) in [6.07, 6.45) is 1.07. The number of nitrogens with one attached hydrogen (secondary N) is 2. The van der Waals surface area contributed by atoms with Crippen molar-refractivity contribution in [3.63, 3.8) is 0 Å². The number of guanidine groups is 1. The highest BCUT2D eigenvalue weighted by Crippen LogP contribution is 2.35. The van der Waals surface area contributed by atoms with Crippen LogP contribution in [0.4, 0.5) is 5.13 Å². The molecule has 0 spiro atoms. The number of anilines is 1. The van der Waals surface area contributed by atoms with Crippen molar-refractivity contribution in [3.05, 3.63) is 59.5 Å². The van der Waals surface area contributed by atoms with Gasteiger partial charge in [0, 0.05) is 24.0 Å². The van der Waals surface area contributed by atoms with Gasteiger partial charge in [0.05, 0.1) is 5.69 Å². The van der Waals surface area contributed by atoms with Gasteiger partial charge in [-0.25, -0.2) is 4.98 Å². The molecular weight excluding hydrogens is 344 g/mol. The molecule has 132 valence electrons. The number of ether oxygens (including phenoxy) is 1. The summed E-state index contributed by atoms with van der Waals surface area (Å²) >= 11 is 1.56. The summed E-state index contributed by atoms with van der Waals surface area (Å²) in [4.78, 5) is 9.13. The molecule has 2 heterocycles. The average molecular weight is 364 g/mol. The molecule has 1 aliphatic heterocycles. The van der Waals surface area contributed by atoms with Gasteiger partial charge in [-0.15, -0.1) is 11.3 Å². The van der Waals surface area contributed by atoms with Gasteiger partial charge in [-0.2, -0.15) is 0 Å². The normalized spacial score (nSPS) is 13.7. The maximum atomic E-state index is 6.16. The van der Waals surface area contributed by atoms with Crippen LogP contribution in [-0.2, 0) is 0 Å². The van der Waals surface area contributed by atoms with Crippen LogP contribution in [0.15, 0.2) is 58.9 Å². The molecule has 0 unspecified atom stereocenters. The molecule has 0 fully saturated rings. The second-order valence-corrected chi connectivity index (χ2v) is 6.90. The minimum atomic E-state index is 0.793. The van der Waals surface area contributed by atoms with Crippen LogP contribution in [0.3, 0.4) is 0 Å². The van der Waals surface area contributed by atoms with Crippen LogP contribution in [0.1, 0.15) is 12.0 Å². The topological polar surface area (TPSA) is 58.5 Å². The van der Waals surface area contributed by atoms with Gasteiger partial charge in [0.2, 0.25) is 0 Å². The molecule has 0 radical (unpaired) electrons. The molecule has 0 saturated carbocycles. The summed E-state index contributed by atoms with van der Waals surface area (Å²) in [7, 11) is 0. The average Bonchev–Trinajstić information content (AvgIpc) is 3.13. The minimum absolute atomic E-state index is 0.793. The maximum absolute atomic E-state index is 6.16. The van der Waals surface area contributed by atoms with E-state index in [-0.39, 0.29) is 0 Å². The summed E-state index contributed by atoms with van der Waals surface area (Å²) in [6, 6.07) is 16.0. The third-order valence-corrected chi connectivity index (χ3v) is 4.86. The van der Waals surface area contributed by atoms with E-state index in [0.717, 1.165) is 58.9 Å². The predicted molar refractivity (Wildman–Crippen MR) is 107 cm³/mol. The summed E-state index contributed by atoms with van der Waals surface area (Å²) in [5, 5.41) is 9.35. The van der Waals surface area contributed by atoms with Crippen molar-refractivity contribution in [2.24, 2.45) is 4.99 Å². The largest absolute Gasteiger partial charge is 0.456 e. The van der Waals surface area contributed by atoms with E-state index in [4.69, 9.17) is 9.72 Å². The van der Waals surface area contributed by atoms with Gasteiger partial charge in [0.15, 0.2) is 11.1 Å². The molecule has 6 heteroatoms. The Labute approximate surface area is 156 Å². The van der Waals surface area contributed by atoms with Crippen LogP contribution >= 0.6 is 11.3 Å². The summed E-state index contributed by atoms with van der Waals surface area (Å²) in [6.45, 7) is 3.83. The Balaban J connectivity index is 1.58. The van der Waals surface area contributed by atoms with E-state index in [1.54, 1.807) is 11.3 Å². The number of aromatic nitrogens is 1. The summed E-state index contributed by atoms with van der Waals surface area (Å²) in [5.41, 5.74) is 2.96. The molecule has 0 saturated heterocycles. The van der Waals surface area contributed by atoms with Gasteiger partial charge < -0.3 is 15.4 Å². The lowest BCUT2D eigenvalue weighted by molar-refractivity contribution is 0.480. The SMILES string of the molecule is Cc1ccccc1Oc1ccccc1-c1csc(NC2=NCCCN2)n1. The Kier molecular flexibility index (Phi) is 4.84. The Morgan fingerprint density at radius 1 is 1.08 bits per heavy atom. The van der Waals surface area contributed by atoms with Crippen LogP contribution < -0.4 is 15.4 Å². The first kappa shape index (κ1) is 16.6. The van der Waals surface area contributed by atoms with Crippen molar-refractivity contribution in [3.8, 4) is 22.8 Å². The highest BCUT2D eigenvalue weighted by Gasteiger charge is 2.13. The highest BCUT2D eigenvalue weighted by molar-refractivity contribution is 7.14. The second-order valence-electron chi connectivity index (χ2n) is 6.04. The lowest BCUT2D eigenvalue weighted by atomic mass is 10.1. The van der Waals surface area contributed by atoms with Crippen molar-refractivity contribution in [1.82, 2.24) is 10.3 Å². The van der Waals surface area contributed by atoms with E-state index >= 15 is 0 Å². The number of aliphatic imine (C=N–C) groups is 1. The molecule has 3 aromatic rings. The fourth-order valence-corrected chi connectivity index (χ4v) is 3.44. The van der Waals surface area contributed by atoms with E-state index in [0.29, 0.717) is 0 Å². The van der Waals surface area contributed by atoms with E-state index < -0.39 is 0 Å². The quantitative estimate of drug-likeness (QED) is 0.706. The first-order valence-corrected chi connectivity index (χ1v) is 9.51. The van der Waals surface area contributed by atoms with Crippen LogP contribution in [0.5, 0.6) is 11.5 Å². The summed E-state index contributed by atoms with van der Waals surface area (Å²) in [5.74, 6) is 2.45. The fourth-order valence-electron chi connectivity index (χ4n) is 2.73. The first-order valence-electron chi connectivity index (χ1n) is 8.63. The molecule has 0 bridgehead atoms. The number of hydrogen-bond donors (Lipinski definition) is 2. The molecule has 2 N–H and O–H groups in total. The van der Waals surface area contributed by atoms with Crippen molar-refractivity contribution < 1.29 is 4.74 Å². The molecular formula is C20H20N4OS. The Bertz CT molecular complexity index is 935. The molecule has 0 amide bonds. The van der Waals surface area contributed by atoms with Crippen molar-refractivity contribution in [2.75, 3.05) is 18.4 Å². The van der Waals surface area contributed by atoms with Crippen LogP contribution in [0.25, 0.3) is 11.3 Å². The fraction of sp³-hybridized carbons (Fsp3) is 0.200. The zero-order chi connectivity index (χ0) is 17.8. The van der Waals surface area contributed by atoms with E-state index in [2.05, 4.69) is 15.6 Å². The number of rotatable bonds is 4. The molecule has 1 aliphatic rings. The Hall–Kier alpha value is -2.86. The van der Waals surface area contributed by atoms with Crippen molar-refractivity contribution in [1.29, 1.82) is 0 Å². The highest BCUT2D eigenvalue weighted by atomic mass is 32.1.